The molecular formula is C16H13NS2. The van der Waals surface area contributed by atoms with E-state index in [1.807, 2.05) is 46.9 Å². The highest BCUT2D eigenvalue weighted by molar-refractivity contribution is 7.29. The standard InChI is InChI=1S/C16H13NS2/c1-2-3-13-8-15-16(18-13)9-14(19-15)12-6-4-11(10-17)5-7-12/h4-9H,2-3H2,1H3. The van der Waals surface area contributed by atoms with Crippen molar-refractivity contribution in [1.29, 1.82) is 5.26 Å². The van der Waals surface area contributed by atoms with Crippen LogP contribution in [0.5, 0.6) is 0 Å². The van der Waals surface area contributed by atoms with E-state index in [0.717, 1.165) is 0 Å². The molecule has 0 spiro atoms. The van der Waals surface area contributed by atoms with Crippen molar-refractivity contribution in [3.05, 3.63) is 46.8 Å². The van der Waals surface area contributed by atoms with E-state index in [4.69, 9.17) is 5.26 Å². The van der Waals surface area contributed by atoms with Gasteiger partial charge in [-0.2, -0.15) is 5.26 Å². The molecule has 0 amide bonds. The second-order valence-corrected chi connectivity index (χ2v) is 6.74. The Labute approximate surface area is 120 Å². The summed E-state index contributed by atoms with van der Waals surface area (Å²) in [6.07, 6.45) is 2.38. The second kappa shape index (κ2) is 5.16. The van der Waals surface area contributed by atoms with Gasteiger partial charge in [0.15, 0.2) is 0 Å². The molecule has 1 nitrogen and oxygen atoms in total. The molecule has 3 aromatic rings. The summed E-state index contributed by atoms with van der Waals surface area (Å²) in [6, 6.07) is 14.6. The van der Waals surface area contributed by atoms with Gasteiger partial charge in [-0.05, 0) is 36.2 Å². The van der Waals surface area contributed by atoms with Crippen LogP contribution in [0.4, 0.5) is 0 Å². The van der Waals surface area contributed by atoms with Crippen LogP contribution in [0, 0.1) is 11.3 Å². The van der Waals surface area contributed by atoms with Crippen molar-refractivity contribution in [2.24, 2.45) is 0 Å². The maximum Gasteiger partial charge on any atom is 0.0991 e. The van der Waals surface area contributed by atoms with Gasteiger partial charge in [0, 0.05) is 19.2 Å². The number of aryl methyl sites for hydroxylation is 1. The zero-order valence-electron chi connectivity index (χ0n) is 10.6. The average Bonchev–Trinajstić information content (AvgIpc) is 2.97. The van der Waals surface area contributed by atoms with Crippen molar-refractivity contribution in [3.8, 4) is 16.5 Å². The number of rotatable bonds is 3. The third kappa shape index (κ3) is 2.42. The molecule has 0 saturated heterocycles. The van der Waals surface area contributed by atoms with Gasteiger partial charge in [-0.1, -0.05) is 25.5 Å². The van der Waals surface area contributed by atoms with Crippen LogP contribution in [0.15, 0.2) is 36.4 Å². The van der Waals surface area contributed by atoms with Crippen LogP contribution >= 0.6 is 22.7 Å². The van der Waals surface area contributed by atoms with Crippen LogP contribution in [0.3, 0.4) is 0 Å². The molecule has 3 rings (SSSR count). The van der Waals surface area contributed by atoms with Crippen molar-refractivity contribution < 1.29 is 0 Å². The smallest absolute Gasteiger partial charge is 0.0991 e. The molecule has 19 heavy (non-hydrogen) atoms. The largest absolute Gasteiger partial charge is 0.192 e. The van der Waals surface area contributed by atoms with Crippen molar-refractivity contribution in [1.82, 2.24) is 0 Å². The van der Waals surface area contributed by atoms with E-state index in [2.05, 4.69) is 25.1 Å². The maximum atomic E-state index is 8.82. The Balaban J connectivity index is 1.96. The molecule has 0 aliphatic heterocycles. The van der Waals surface area contributed by atoms with Gasteiger partial charge < -0.3 is 0 Å². The molecule has 3 heteroatoms. The molecule has 2 aromatic heterocycles. The van der Waals surface area contributed by atoms with Crippen LogP contribution in [0.1, 0.15) is 23.8 Å². The first-order chi connectivity index (χ1) is 9.30. The molecule has 0 radical (unpaired) electrons. The lowest BCUT2D eigenvalue weighted by molar-refractivity contribution is 0.941. The Morgan fingerprint density at radius 2 is 1.79 bits per heavy atom. The molecule has 0 N–H and O–H groups in total. The summed E-state index contributed by atoms with van der Waals surface area (Å²) in [5, 5.41) is 8.82. The van der Waals surface area contributed by atoms with E-state index in [0.29, 0.717) is 5.56 Å². The fourth-order valence-corrected chi connectivity index (χ4v) is 4.64. The molecule has 2 heterocycles. The molecule has 94 valence electrons. The first kappa shape index (κ1) is 12.4. The van der Waals surface area contributed by atoms with Gasteiger partial charge in [-0.3, -0.25) is 0 Å². The van der Waals surface area contributed by atoms with Crippen LogP contribution in [0.2, 0.25) is 0 Å². The monoisotopic (exact) mass is 283 g/mol. The summed E-state index contributed by atoms with van der Waals surface area (Å²) in [5.74, 6) is 0. The van der Waals surface area contributed by atoms with E-state index in [-0.39, 0.29) is 0 Å². The average molecular weight is 283 g/mol. The molecule has 0 atom stereocenters. The number of hydrogen-bond donors (Lipinski definition) is 0. The summed E-state index contributed by atoms with van der Waals surface area (Å²) in [4.78, 5) is 2.77. The Kier molecular flexibility index (Phi) is 3.37. The van der Waals surface area contributed by atoms with Crippen molar-refractivity contribution in [3.63, 3.8) is 0 Å². The summed E-state index contributed by atoms with van der Waals surface area (Å²) >= 11 is 3.74. The molecule has 1 aromatic carbocycles. The van der Waals surface area contributed by atoms with Gasteiger partial charge in [0.25, 0.3) is 0 Å². The van der Waals surface area contributed by atoms with Gasteiger partial charge in [0.1, 0.15) is 0 Å². The van der Waals surface area contributed by atoms with Crippen LogP contribution in [0.25, 0.3) is 19.8 Å². The van der Waals surface area contributed by atoms with Gasteiger partial charge in [0.05, 0.1) is 11.6 Å². The van der Waals surface area contributed by atoms with Gasteiger partial charge in [-0.15, -0.1) is 22.7 Å². The normalized spacial score (nSPS) is 10.7. The SMILES string of the molecule is CCCc1cc2sc(-c3ccc(C#N)cc3)cc2s1. The Bertz CT molecular complexity index is 710. The number of nitrogens with zero attached hydrogens (tertiary/aromatic N) is 1. The molecule has 0 saturated carbocycles. The highest BCUT2D eigenvalue weighted by Gasteiger charge is 2.08. The Hall–Kier alpha value is -1.63. The molecule has 0 aliphatic rings. The fraction of sp³-hybridized carbons (Fsp3) is 0.188. The lowest BCUT2D eigenvalue weighted by Gasteiger charge is -1.96. The summed E-state index contributed by atoms with van der Waals surface area (Å²) in [7, 11) is 0. The molecule has 0 bridgehead atoms. The third-order valence-corrected chi connectivity index (χ3v) is 5.46. The third-order valence-electron chi connectivity index (χ3n) is 3.05. The van der Waals surface area contributed by atoms with Crippen molar-refractivity contribution in [2.45, 2.75) is 19.8 Å². The zero-order valence-corrected chi connectivity index (χ0v) is 12.3. The van der Waals surface area contributed by atoms with E-state index >= 15 is 0 Å². The zero-order chi connectivity index (χ0) is 13.2. The van der Waals surface area contributed by atoms with Gasteiger partial charge in [-0.25, -0.2) is 0 Å². The van der Waals surface area contributed by atoms with Gasteiger partial charge >= 0.3 is 0 Å². The highest BCUT2D eigenvalue weighted by Crippen LogP contribution is 2.38. The quantitative estimate of drug-likeness (QED) is 0.626. The Morgan fingerprint density at radius 1 is 1.05 bits per heavy atom. The number of benzene rings is 1. The first-order valence-electron chi connectivity index (χ1n) is 6.33. The Morgan fingerprint density at radius 3 is 2.42 bits per heavy atom. The fourth-order valence-electron chi connectivity index (χ4n) is 2.11. The number of thiophene rings is 2. The van der Waals surface area contributed by atoms with Crippen molar-refractivity contribution >= 4 is 32.1 Å². The van der Waals surface area contributed by atoms with E-state index in [9.17, 15) is 0 Å². The predicted molar refractivity (Wildman–Crippen MR) is 83.8 cm³/mol. The summed E-state index contributed by atoms with van der Waals surface area (Å²) < 4.78 is 2.76. The number of fused-ring (bicyclic) bond motifs is 1. The molecule has 0 fully saturated rings. The van der Waals surface area contributed by atoms with Gasteiger partial charge in [0.2, 0.25) is 0 Å². The number of hydrogen-bond acceptors (Lipinski definition) is 3. The van der Waals surface area contributed by atoms with Crippen LogP contribution in [-0.4, -0.2) is 0 Å². The predicted octanol–water partition coefficient (Wildman–Crippen LogP) is 5.45. The van der Waals surface area contributed by atoms with Crippen molar-refractivity contribution in [2.75, 3.05) is 0 Å². The first-order valence-corrected chi connectivity index (χ1v) is 7.96. The second-order valence-electron chi connectivity index (χ2n) is 4.49. The minimum Gasteiger partial charge on any atom is -0.192 e. The van der Waals surface area contributed by atoms with Crippen LogP contribution < -0.4 is 0 Å². The highest BCUT2D eigenvalue weighted by atomic mass is 32.1. The molecule has 0 aliphatic carbocycles. The van der Waals surface area contributed by atoms with E-state index in [1.165, 1.54) is 37.6 Å². The minimum absolute atomic E-state index is 0.715. The summed E-state index contributed by atoms with van der Waals surface area (Å²) in [6.45, 7) is 2.22. The molecule has 0 unspecified atom stereocenters. The topological polar surface area (TPSA) is 23.8 Å². The minimum atomic E-state index is 0.715. The van der Waals surface area contributed by atoms with E-state index < -0.39 is 0 Å². The molecular weight excluding hydrogens is 270 g/mol. The number of nitriles is 1. The lowest BCUT2D eigenvalue weighted by Crippen LogP contribution is -1.75. The maximum absolute atomic E-state index is 8.82. The summed E-state index contributed by atoms with van der Waals surface area (Å²) in [5.41, 5.74) is 1.91. The van der Waals surface area contributed by atoms with Crippen LogP contribution in [-0.2, 0) is 6.42 Å². The van der Waals surface area contributed by atoms with E-state index in [1.54, 1.807) is 0 Å². The lowest BCUT2D eigenvalue weighted by atomic mass is 10.1.